The van der Waals surface area contributed by atoms with E-state index in [1.54, 1.807) is 6.92 Å². The third-order valence-corrected chi connectivity index (χ3v) is 3.91. The van der Waals surface area contributed by atoms with Gasteiger partial charge in [0.1, 0.15) is 0 Å². The zero-order valence-electron chi connectivity index (χ0n) is 10.4. The number of rotatable bonds is 5. The summed E-state index contributed by atoms with van der Waals surface area (Å²) in [5.74, 6) is 0.981. The second kappa shape index (κ2) is 5.21. The van der Waals surface area contributed by atoms with E-state index in [1.165, 1.54) is 18.5 Å². The van der Waals surface area contributed by atoms with Gasteiger partial charge in [0.25, 0.3) is 0 Å². The SMILES string of the molecule is CCN(CC1CC1)c1ccc(C(C)=O)c(Br)c1. The first-order valence-corrected chi connectivity index (χ1v) is 6.96. The predicted molar refractivity (Wildman–Crippen MR) is 74.8 cm³/mol. The Balaban J connectivity index is 2.19. The Bertz CT molecular complexity index is 426. The molecule has 0 atom stereocenters. The monoisotopic (exact) mass is 295 g/mol. The first kappa shape index (κ1) is 12.6. The van der Waals surface area contributed by atoms with Gasteiger partial charge in [0.05, 0.1) is 0 Å². The third-order valence-electron chi connectivity index (χ3n) is 3.25. The average Bonchev–Trinajstić information content (AvgIpc) is 3.09. The number of hydrogen-bond acceptors (Lipinski definition) is 2. The van der Waals surface area contributed by atoms with Crippen LogP contribution in [0.3, 0.4) is 0 Å². The number of Topliss-reactive ketones (excluding diaryl/α,β-unsaturated/α-hetero) is 1. The standard InChI is InChI=1S/C14H18BrNO/c1-3-16(9-11-4-5-11)12-6-7-13(10(2)17)14(15)8-12/h6-8,11H,3-5,9H2,1-2H3. The molecule has 2 nitrogen and oxygen atoms in total. The second-order valence-corrected chi connectivity index (χ2v) is 5.56. The van der Waals surface area contributed by atoms with E-state index < -0.39 is 0 Å². The Hall–Kier alpha value is -0.830. The summed E-state index contributed by atoms with van der Waals surface area (Å²) in [7, 11) is 0. The lowest BCUT2D eigenvalue weighted by atomic mass is 10.1. The van der Waals surface area contributed by atoms with Crippen LogP contribution in [-0.4, -0.2) is 18.9 Å². The van der Waals surface area contributed by atoms with Gasteiger partial charge in [0.2, 0.25) is 0 Å². The van der Waals surface area contributed by atoms with E-state index in [0.717, 1.165) is 29.0 Å². The van der Waals surface area contributed by atoms with Gasteiger partial charge in [0.15, 0.2) is 5.78 Å². The lowest BCUT2D eigenvalue weighted by Gasteiger charge is -2.23. The number of nitrogens with zero attached hydrogens (tertiary/aromatic N) is 1. The van der Waals surface area contributed by atoms with Gasteiger partial charge in [0, 0.05) is 28.8 Å². The van der Waals surface area contributed by atoms with Crippen molar-refractivity contribution in [2.75, 3.05) is 18.0 Å². The Morgan fingerprint density at radius 1 is 1.47 bits per heavy atom. The van der Waals surface area contributed by atoms with E-state index in [9.17, 15) is 4.79 Å². The summed E-state index contributed by atoms with van der Waals surface area (Å²) in [6.45, 7) is 5.93. The molecule has 1 aromatic rings. The van der Waals surface area contributed by atoms with Crippen LogP contribution >= 0.6 is 15.9 Å². The summed E-state index contributed by atoms with van der Waals surface area (Å²) >= 11 is 3.48. The molecule has 0 amide bonds. The summed E-state index contributed by atoms with van der Waals surface area (Å²) in [5, 5.41) is 0. The van der Waals surface area contributed by atoms with Crippen molar-refractivity contribution in [1.29, 1.82) is 0 Å². The van der Waals surface area contributed by atoms with Gasteiger partial charge in [-0.15, -0.1) is 0 Å². The van der Waals surface area contributed by atoms with Gasteiger partial charge in [-0.25, -0.2) is 0 Å². The molecule has 0 aromatic heterocycles. The van der Waals surface area contributed by atoms with Crippen molar-refractivity contribution < 1.29 is 4.79 Å². The van der Waals surface area contributed by atoms with E-state index in [1.807, 2.05) is 12.1 Å². The fourth-order valence-electron chi connectivity index (χ4n) is 2.02. The Kier molecular flexibility index (Phi) is 3.87. The molecule has 2 rings (SSSR count). The van der Waals surface area contributed by atoms with Crippen LogP contribution in [0, 0.1) is 5.92 Å². The van der Waals surface area contributed by atoms with Crippen LogP contribution in [0.25, 0.3) is 0 Å². The van der Waals surface area contributed by atoms with Crippen molar-refractivity contribution in [3.63, 3.8) is 0 Å². The summed E-state index contributed by atoms with van der Waals surface area (Å²) in [6.07, 6.45) is 2.73. The van der Waals surface area contributed by atoms with E-state index in [-0.39, 0.29) is 5.78 Å². The molecule has 1 aliphatic rings. The highest BCUT2D eigenvalue weighted by Gasteiger charge is 2.24. The number of hydrogen-bond donors (Lipinski definition) is 0. The zero-order chi connectivity index (χ0) is 12.4. The molecule has 1 fully saturated rings. The van der Waals surface area contributed by atoms with Gasteiger partial charge in [-0.05, 0) is 66.7 Å². The molecule has 0 N–H and O–H groups in total. The zero-order valence-corrected chi connectivity index (χ0v) is 12.0. The molecule has 0 unspecified atom stereocenters. The molecule has 0 aliphatic heterocycles. The van der Waals surface area contributed by atoms with Gasteiger partial charge in [-0.3, -0.25) is 4.79 Å². The van der Waals surface area contributed by atoms with Crippen LogP contribution in [0.2, 0.25) is 0 Å². The van der Waals surface area contributed by atoms with Crippen molar-refractivity contribution >= 4 is 27.4 Å². The lowest BCUT2D eigenvalue weighted by Crippen LogP contribution is -2.25. The highest BCUT2D eigenvalue weighted by Crippen LogP contribution is 2.32. The molecule has 0 spiro atoms. The molecule has 1 aliphatic carbocycles. The molecular weight excluding hydrogens is 278 g/mol. The van der Waals surface area contributed by atoms with Gasteiger partial charge >= 0.3 is 0 Å². The molecule has 0 bridgehead atoms. The second-order valence-electron chi connectivity index (χ2n) is 4.70. The third kappa shape index (κ3) is 3.09. The minimum atomic E-state index is 0.105. The van der Waals surface area contributed by atoms with Crippen molar-refractivity contribution in [2.24, 2.45) is 5.92 Å². The number of carbonyl (C=O) groups excluding carboxylic acids is 1. The average molecular weight is 296 g/mol. The van der Waals surface area contributed by atoms with Crippen LogP contribution in [0.15, 0.2) is 22.7 Å². The molecule has 17 heavy (non-hydrogen) atoms. The molecular formula is C14H18BrNO. The summed E-state index contributed by atoms with van der Waals surface area (Å²) in [6, 6.07) is 6.02. The van der Waals surface area contributed by atoms with E-state index in [4.69, 9.17) is 0 Å². The molecule has 92 valence electrons. The summed E-state index contributed by atoms with van der Waals surface area (Å²) in [5.41, 5.74) is 1.97. The smallest absolute Gasteiger partial charge is 0.160 e. The fraction of sp³-hybridized carbons (Fsp3) is 0.500. The van der Waals surface area contributed by atoms with E-state index in [2.05, 4.69) is 33.8 Å². The number of halogens is 1. The molecule has 1 aromatic carbocycles. The van der Waals surface area contributed by atoms with Gasteiger partial charge in [-0.2, -0.15) is 0 Å². The maximum absolute atomic E-state index is 11.4. The van der Waals surface area contributed by atoms with Crippen molar-refractivity contribution in [3.8, 4) is 0 Å². The molecule has 0 heterocycles. The normalized spacial score (nSPS) is 14.8. The van der Waals surface area contributed by atoms with E-state index >= 15 is 0 Å². The molecule has 0 saturated heterocycles. The molecule has 3 heteroatoms. The largest absolute Gasteiger partial charge is 0.372 e. The Morgan fingerprint density at radius 2 is 2.18 bits per heavy atom. The van der Waals surface area contributed by atoms with Crippen LogP contribution in [0.5, 0.6) is 0 Å². The minimum Gasteiger partial charge on any atom is -0.372 e. The quantitative estimate of drug-likeness (QED) is 0.768. The summed E-state index contributed by atoms with van der Waals surface area (Å²) in [4.78, 5) is 13.7. The fourth-order valence-corrected chi connectivity index (χ4v) is 2.66. The van der Waals surface area contributed by atoms with Crippen molar-refractivity contribution in [3.05, 3.63) is 28.2 Å². The van der Waals surface area contributed by atoms with Gasteiger partial charge in [-0.1, -0.05) is 0 Å². The van der Waals surface area contributed by atoms with Crippen LogP contribution < -0.4 is 4.90 Å². The molecule has 0 radical (unpaired) electrons. The van der Waals surface area contributed by atoms with Crippen molar-refractivity contribution in [1.82, 2.24) is 0 Å². The van der Waals surface area contributed by atoms with Crippen LogP contribution in [0.1, 0.15) is 37.0 Å². The lowest BCUT2D eigenvalue weighted by molar-refractivity contribution is 0.101. The maximum Gasteiger partial charge on any atom is 0.160 e. The number of ketones is 1. The first-order valence-electron chi connectivity index (χ1n) is 6.17. The van der Waals surface area contributed by atoms with Crippen molar-refractivity contribution in [2.45, 2.75) is 26.7 Å². The number of carbonyl (C=O) groups is 1. The predicted octanol–water partition coefficient (Wildman–Crippen LogP) is 3.89. The Morgan fingerprint density at radius 3 is 2.65 bits per heavy atom. The topological polar surface area (TPSA) is 20.3 Å². The number of benzene rings is 1. The minimum absolute atomic E-state index is 0.105. The van der Waals surface area contributed by atoms with Gasteiger partial charge < -0.3 is 4.90 Å². The van der Waals surface area contributed by atoms with E-state index in [0.29, 0.717) is 0 Å². The highest BCUT2D eigenvalue weighted by molar-refractivity contribution is 9.10. The highest BCUT2D eigenvalue weighted by atomic mass is 79.9. The maximum atomic E-state index is 11.4. The number of anilines is 1. The molecule has 1 saturated carbocycles. The summed E-state index contributed by atoms with van der Waals surface area (Å²) < 4.78 is 0.900. The van der Waals surface area contributed by atoms with Crippen LogP contribution in [0.4, 0.5) is 5.69 Å². The Labute approximate surface area is 111 Å². The first-order chi connectivity index (χ1) is 8.11. The van der Waals surface area contributed by atoms with Crippen LogP contribution in [-0.2, 0) is 0 Å².